The molecule has 4 rings (SSSR count). The summed E-state index contributed by atoms with van der Waals surface area (Å²) in [4.78, 5) is 2.55. The molecule has 1 aromatic carbocycles. The standard InChI is InChI=1S/C18H23N/c1-2-10-19(11-3-1)17-8-6-15(7-9-17)18-13-14-4-5-16(18)12-14/h4-9,14,16,18H,1-3,10-13H2. The number of piperidine rings is 1. The monoisotopic (exact) mass is 253 g/mol. The molecule has 0 amide bonds. The maximum Gasteiger partial charge on any atom is 0.0366 e. The van der Waals surface area contributed by atoms with Gasteiger partial charge in [-0.2, -0.15) is 0 Å². The van der Waals surface area contributed by atoms with Gasteiger partial charge in [-0.3, -0.25) is 0 Å². The van der Waals surface area contributed by atoms with E-state index < -0.39 is 0 Å². The van der Waals surface area contributed by atoms with Gasteiger partial charge in [0.25, 0.3) is 0 Å². The zero-order valence-corrected chi connectivity index (χ0v) is 11.6. The van der Waals surface area contributed by atoms with Gasteiger partial charge in [0.1, 0.15) is 0 Å². The minimum absolute atomic E-state index is 0.797. The van der Waals surface area contributed by atoms with Crippen molar-refractivity contribution in [3.05, 3.63) is 42.0 Å². The van der Waals surface area contributed by atoms with Crippen LogP contribution in [-0.2, 0) is 0 Å². The predicted octanol–water partition coefficient (Wildman–Crippen LogP) is 4.36. The summed E-state index contributed by atoms with van der Waals surface area (Å²) in [5, 5.41) is 0. The SMILES string of the molecule is C1=CC2CC1CC2c1ccc(N2CCCCC2)cc1. The molecule has 1 heteroatoms. The average molecular weight is 253 g/mol. The summed E-state index contributed by atoms with van der Waals surface area (Å²) in [6.07, 6.45) is 11.8. The highest BCUT2D eigenvalue weighted by atomic mass is 15.1. The molecule has 3 atom stereocenters. The lowest BCUT2D eigenvalue weighted by atomic mass is 9.87. The molecule has 1 saturated carbocycles. The van der Waals surface area contributed by atoms with Crippen LogP contribution in [0.15, 0.2) is 36.4 Å². The number of nitrogens with zero attached hydrogens (tertiary/aromatic N) is 1. The molecule has 3 unspecified atom stereocenters. The summed E-state index contributed by atoms with van der Waals surface area (Å²) in [7, 11) is 0. The van der Waals surface area contributed by atoms with E-state index in [1.807, 2.05) is 0 Å². The van der Waals surface area contributed by atoms with Gasteiger partial charge in [0, 0.05) is 18.8 Å². The zero-order chi connectivity index (χ0) is 12.7. The largest absolute Gasteiger partial charge is 0.372 e. The van der Waals surface area contributed by atoms with Gasteiger partial charge in [0.15, 0.2) is 0 Å². The van der Waals surface area contributed by atoms with E-state index in [9.17, 15) is 0 Å². The molecule has 3 aliphatic rings. The van der Waals surface area contributed by atoms with Crippen molar-refractivity contribution in [2.75, 3.05) is 18.0 Å². The molecule has 1 nitrogen and oxygen atoms in total. The molecule has 0 N–H and O–H groups in total. The number of rotatable bonds is 2. The van der Waals surface area contributed by atoms with Crippen LogP contribution in [-0.4, -0.2) is 13.1 Å². The Morgan fingerprint density at radius 3 is 2.26 bits per heavy atom. The summed E-state index contributed by atoms with van der Waals surface area (Å²) in [5.74, 6) is 2.49. The first-order valence-electron chi connectivity index (χ1n) is 7.93. The summed E-state index contributed by atoms with van der Waals surface area (Å²) in [6.45, 7) is 2.49. The second-order valence-corrected chi connectivity index (χ2v) is 6.53. The normalized spacial score (nSPS) is 33.1. The summed E-state index contributed by atoms with van der Waals surface area (Å²) >= 11 is 0. The van der Waals surface area contributed by atoms with E-state index >= 15 is 0 Å². The van der Waals surface area contributed by atoms with E-state index in [2.05, 4.69) is 41.3 Å². The van der Waals surface area contributed by atoms with Crippen LogP contribution in [0.25, 0.3) is 0 Å². The van der Waals surface area contributed by atoms with Crippen LogP contribution in [0, 0.1) is 11.8 Å². The van der Waals surface area contributed by atoms with Crippen LogP contribution in [0.5, 0.6) is 0 Å². The summed E-state index contributed by atoms with van der Waals surface area (Å²) < 4.78 is 0. The Morgan fingerprint density at radius 2 is 1.63 bits per heavy atom. The molecule has 1 heterocycles. The number of hydrogen-bond acceptors (Lipinski definition) is 1. The maximum absolute atomic E-state index is 2.55. The van der Waals surface area contributed by atoms with Crippen molar-refractivity contribution in [3.8, 4) is 0 Å². The molecule has 0 radical (unpaired) electrons. The highest BCUT2D eigenvalue weighted by molar-refractivity contribution is 5.48. The molecule has 0 aromatic heterocycles. The topological polar surface area (TPSA) is 3.24 Å². The first kappa shape index (κ1) is 11.6. The summed E-state index contributed by atoms with van der Waals surface area (Å²) in [6, 6.07) is 9.50. The van der Waals surface area contributed by atoms with Crippen LogP contribution >= 0.6 is 0 Å². The minimum Gasteiger partial charge on any atom is -0.372 e. The fourth-order valence-electron chi connectivity index (χ4n) is 4.25. The van der Waals surface area contributed by atoms with E-state index in [1.165, 1.54) is 50.9 Å². The van der Waals surface area contributed by atoms with Gasteiger partial charge in [-0.1, -0.05) is 24.3 Å². The molecule has 2 bridgehead atoms. The molecule has 2 aliphatic carbocycles. The van der Waals surface area contributed by atoms with Gasteiger partial charge < -0.3 is 4.90 Å². The maximum atomic E-state index is 2.55. The first-order chi connectivity index (χ1) is 9.40. The fourth-order valence-corrected chi connectivity index (χ4v) is 4.25. The van der Waals surface area contributed by atoms with Crippen molar-refractivity contribution in [1.29, 1.82) is 0 Å². The van der Waals surface area contributed by atoms with Crippen LogP contribution < -0.4 is 4.90 Å². The van der Waals surface area contributed by atoms with Crippen LogP contribution in [0.2, 0.25) is 0 Å². The average Bonchev–Trinajstić information content (AvgIpc) is 3.11. The van der Waals surface area contributed by atoms with Gasteiger partial charge in [-0.05, 0) is 67.6 Å². The molecule has 19 heavy (non-hydrogen) atoms. The molecule has 0 spiro atoms. The lowest BCUT2D eigenvalue weighted by Gasteiger charge is -2.29. The van der Waals surface area contributed by atoms with Crippen molar-refractivity contribution in [2.24, 2.45) is 11.8 Å². The fraction of sp³-hybridized carbons (Fsp3) is 0.556. The quantitative estimate of drug-likeness (QED) is 0.708. The van der Waals surface area contributed by atoms with Crippen molar-refractivity contribution < 1.29 is 0 Å². The number of hydrogen-bond donors (Lipinski definition) is 0. The number of fused-ring (bicyclic) bond motifs is 2. The molecule has 1 saturated heterocycles. The second-order valence-electron chi connectivity index (χ2n) is 6.53. The number of allylic oxidation sites excluding steroid dienone is 2. The van der Waals surface area contributed by atoms with Gasteiger partial charge >= 0.3 is 0 Å². The molecular weight excluding hydrogens is 230 g/mol. The van der Waals surface area contributed by atoms with E-state index in [0.717, 1.165) is 17.8 Å². The Balaban J connectivity index is 1.51. The van der Waals surface area contributed by atoms with Gasteiger partial charge in [-0.15, -0.1) is 0 Å². The van der Waals surface area contributed by atoms with E-state index in [1.54, 1.807) is 5.56 Å². The highest BCUT2D eigenvalue weighted by Gasteiger charge is 2.36. The van der Waals surface area contributed by atoms with Crippen LogP contribution in [0.1, 0.15) is 43.6 Å². The second kappa shape index (κ2) is 4.70. The lowest BCUT2D eigenvalue weighted by Crippen LogP contribution is -2.29. The third kappa shape index (κ3) is 2.09. The number of anilines is 1. The molecular formula is C18H23N. The van der Waals surface area contributed by atoms with E-state index in [-0.39, 0.29) is 0 Å². The molecule has 1 aliphatic heterocycles. The Morgan fingerprint density at radius 1 is 0.842 bits per heavy atom. The molecule has 1 aromatic rings. The van der Waals surface area contributed by atoms with Crippen molar-refractivity contribution in [1.82, 2.24) is 0 Å². The zero-order valence-electron chi connectivity index (χ0n) is 11.6. The Bertz CT molecular complexity index is 467. The third-order valence-corrected chi connectivity index (χ3v) is 5.32. The highest BCUT2D eigenvalue weighted by Crippen LogP contribution is 2.48. The van der Waals surface area contributed by atoms with Gasteiger partial charge in [0.05, 0.1) is 0 Å². The predicted molar refractivity (Wildman–Crippen MR) is 80.6 cm³/mol. The lowest BCUT2D eigenvalue weighted by molar-refractivity contribution is 0.575. The smallest absolute Gasteiger partial charge is 0.0366 e. The van der Waals surface area contributed by atoms with Crippen molar-refractivity contribution in [3.63, 3.8) is 0 Å². The number of benzene rings is 1. The Kier molecular flexibility index (Phi) is 2.86. The Labute approximate surface area is 116 Å². The third-order valence-electron chi connectivity index (χ3n) is 5.32. The van der Waals surface area contributed by atoms with Crippen molar-refractivity contribution in [2.45, 2.75) is 38.0 Å². The summed E-state index contributed by atoms with van der Waals surface area (Å²) in [5.41, 5.74) is 3.00. The van der Waals surface area contributed by atoms with Gasteiger partial charge in [0.2, 0.25) is 0 Å². The molecule has 100 valence electrons. The van der Waals surface area contributed by atoms with Crippen LogP contribution in [0.3, 0.4) is 0 Å². The minimum atomic E-state index is 0.797. The van der Waals surface area contributed by atoms with Gasteiger partial charge in [-0.25, -0.2) is 0 Å². The van der Waals surface area contributed by atoms with E-state index in [4.69, 9.17) is 0 Å². The molecule has 2 fully saturated rings. The first-order valence-corrected chi connectivity index (χ1v) is 7.93. The Hall–Kier alpha value is -1.24. The van der Waals surface area contributed by atoms with Crippen molar-refractivity contribution >= 4 is 5.69 Å². The van der Waals surface area contributed by atoms with E-state index in [0.29, 0.717) is 0 Å². The van der Waals surface area contributed by atoms with Crippen LogP contribution in [0.4, 0.5) is 5.69 Å².